The molecule has 1 aromatic carbocycles. The summed E-state index contributed by atoms with van der Waals surface area (Å²) >= 11 is 0. The standard InChI is InChI=1S/C15H20N4/c1-18-9-8-13(17-18)11-19(15-6-7-15)14-4-2-12(10-16)3-5-14/h2-5,8-9,15H,6-7,10-11,16H2,1H3. The highest BCUT2D eigenvalue weighted by Crippen LogP contribution is 2.32. The normalized spacial score (nSPS) is 14.6. The van der Waals surface area contributed by atoms with Gasteiger partial charge in [-0.05, 0) is 36.6 Å². The second-order valence-electron chi connectivity index (χ2n) is 5.21. The molecule has 4 nitrogen and oxygen atoms in total. The Balaban J connectivity index is 1.79. The molecule has 0 atom stereocenters. The molecule has 100 valence electrons. The number of hydrogen-bond donors (Lipinski definition) is 1. The van der Waals surface area contributed by atoms with Crippen molar-refractivity contribution in [2.45, 2.75) is 32.0 Å². The van der Waals surface area contributed by atoms with Gasteiger partial charge >= 0.3 is 0 Å². The highest BCUT2D eigenvalue weighted by Gasteiger charge is 2.29. The lowest BCUT2D eigenvalue weighted by Crippen LogP contribution is -2.25. The summed E-state index contributed by atoms with van der Waals surface area (Å²) in [6, 6.07) is 11.3. The van der Waals surface area contributed by atoms with Crippen LogP contribution in [-0.4, -0.2) is 15.8 Å². The van der Waals surface area contributed by atoms with Gasteiger partial charge in [-0.2, -0.15) is 5.10 Å². The van der Waals surface area contributed by atoms with Gasteiger partial charge < -0.3 is 10.6 Å². The fourth-order valence-corrected chi connectivity index (χ4v) is 2.36. The Kier molecular flexibility index (Phi) is 3.25. The van der Waals surface area contributed by atoms with Crippen LogP contribution in [-0.2, 0) is 20.1 Å². The first kappa shape index (κ1) is 12.2. The van der Waals surface area contributed by atoms with E-state index >= 15 is 0 Å². The van der Waals surface area contributed by atoms with Gasteiger partial charge in [-0.3, -0.25) is 4.68 Å². The molecule has 0 spiro atoms. The molecule has 1 saturated carbocycles. The van der Waals surface area contributed by atoms with E-state index in [1.807, 2.05) is 17.9 Å². The van der Waals surface area contributed by atoms with Crippen LogP contribution >= 0.6 is 0 Å². The zero-order valence-electron chi connectivity index (χ0n) is 11.3. The van der Waals surface area contributed by atoms with E-state index in [-0.39, 0.29) is 0 Å². The van der Waals surface area contributed by atoms with Crippen LogP contribution in [0.4, 0.5) is 5.69 Å². The second kappa shape index (κ2) is 5.05. The van der Waals surface area contributed by atoms with E-state index in [9.17, 15) is 0 Å². The Morgan fingerprint density at radius 3 is 2.53 bits per heavy atom. The van der Waals surface area contributed by atoms with E-state index in [4.69, 9.17) is 5.73 Å². The third-order valence-electron chi connectivity index (χ3n) is 3.59. The van der Waals surface area contributed by atoms with Gasteiger partial charge in [0, 0.05) is 31.5 Å². The molecule has 0 amide bonds. The van der Waals surface area contributed by atoms with Crippen molar-refractivity contribution in [1.29, 1.82) is 0 Å². The van der Waals surface area contributed by atoms with E-state index < -0.39 is 0 Å². The molecule has 1 heterocycles. The summed E-state index contributed by atoms with van der Waals surface area (Å²) in [5.41, 5.74) is 9.22. The molecule has 1 aliphatic carbocycles. The van der Waals surface area contributed by atoms with Crippen LogP contribution in [0.2, 0.25) is 0 Å². The summed E-state index contributed by atoms with van der Waals surface area (Å²) in [4.78, 5) is 2.45. The first-order chi connectivity index (χ1) is 9.26. The van der Waals surface area contributed by atoms with Crippen molar-refractivity contribution in [2.75, 3.05) is 4.90 Å². The van der Waals surface area contributed by atoms with Crippen molar-refractivity contribution >= 4 is 5.69 Å². The molecule has 1 aromatic heterocycles. The first-order valence-electron chi connectivity index (χ1n) is 6.80. The topological polar surface area (TPSA) is 47.1 Å². The third kappa shape index (κ3) is 2.79. The SMILES string of the molecule is Cn1ccc(CN(c2ccc(CN)cc2)C2CC2)n1. The lowest BCUT2D eigenvalue weighted by Gasteiger charge is -2.24. The summed E-state index contributed by atoms with van der Waals surface area (Å²) in [5.74, 6) is 0. The van der Waals surface area contributed by atoms with Crippen LogP contribution in [0.15, 0.2) is 36.5 Å². The van der Waals surface area contributed by atoms with Crippen LogP contribution in [0, 0.1) is 0 Å². The quantitative estimate of drug-likeness (QED) is 0.890. The average molecular weight is 256 g/mol. The Hall–Kier alpha value is -1.81. The number of nitrogens with two attached hydrogens (primary N) is 1. The van der Waals surface area contributed by atoms with Gasteiger partial charge in [0.05, 0.1) is 12.2 Å². The molecule has 0 saturated heterocycles. The largest absolute Gasteiger partial charge is 0.363 e. The molecule has 0 unspecified atom stereocenters. The lowest BCUT2D eigenvalue weighted by atomic mass is 10.2. The number of aryl methyl sites for hydroxylation is 1. The Labute approximate surface area is 113 Å². The second-order valence-corrected chi connectivity index (χ2v) is 5.21. The fraction of sp³-hybridized carbons (Fsp3) is 0.400. The van der Waals surface area contributed by atoms with E-state index in [1.165, 1.54) is 24.1 Å². The highest BCUT2D eigenvalue weighted by atomic mass is 15.3. The van der Waals surface area contributed by atoms with Crippen molar-refractivity contribution in [3.8, 4) is 0 Å². The van der Waals surface area contributed by atoms with Gasteiger partial charge in [-0.25, -0.2) is 0 Å². The Morgan fingerprint density at radius 1 is 1.26 bits per heavy atom. The highest BCUT2D eigenvalue weighted by molar-refractivity contribution is 5.50. The minimum Gasteiger partial charge on any atom is -0.363 e. The van der Waals surface area contributed by atoms with Gasteiger partial charge in [0.1, 0.15) is 0 Å². The predicted molar refractivity (Wildman–Crippen MR) is 76.7 cm³/mol. The third-order valence-corrected chi connectivity index (χ3v) is 3.59. The zero-order valence-corrected chi connectivity index (χ0v) is 11.3. The minimum atomic E-state index is 0.601. The predicted octanol–water partition coefficient (Wildman–Crippen LogP) is 2.05. The number of anilines is 1. The fourth-order valence-electron chi connectivity index (χ4n) is 2.36. The Morgan fingerprint density at radius 2 is 2.00 bits per heavy atom. The number of nitrogens with zero attached hydrogens (tertiary/aromatic N) is 3. The number of rotatable bonds is 5. The molecule has 1 fully saturated rings. The smallest absolute Gasteiger partial charge is 0.0817 e. The monoisotopic (exact) mass is 256 g/mol. The number of benzene rings is 1. The molecule has 1 aliphatic rings. The van der Waals surface area contributed by atoms with Crippen molar-refractivity contribution in [1.82, 2.24) is 9.78 Å². The molecule has 4 heteroatoms. The van der Waals surface area contributed by atoms with Crippen molar-refractivity contribution in [3.05, 3.63) is 47.8 Å². The molecule has 2 N–H and O–H groups in total. The summed E-state index contributed by atoms with van der Waals surface area (Å²) in [7, 11) is 1.96. The maximum atomic E-state index is 5.65. The number of hydrogen-bond acceptors (Lipinski definition) is 3. The minimum absolute atomic E-state index is 0.601. The van der Waals surface area contributed by atoms with Gasteiger partial charge in [0.15, 0.2) is 0 Å². The van der Waals surface area contributed by atoms with Crippen LogP contribution in [0.1, 0.15) is 24.1 Å². The van der Waals surface area contributed by atoms with E-state index in [0.29, 0.717) is 12.6 Å². The van der Waals surface area contributed by atoms with Crippen LogP contribution in [0.25, 0.3) is 0 Å². The van der Waals surface area contributed by atoms with Crippen molar-refractivity contribution in [2.24, 2.45) is 12.8 Å². The summed E-state index contributed by atoms with van der Waals surface area (Å²) in [5, 5.41) is 4.47. The maximum absolute atomic E-state index is 5.65. The molecule has 3 rings (SSSR count). The first-order valence-corrected chi connectivity index (χ1v) is 6.80. The van der Waals surface area contributed by atoms with Gasteiger partial charge in [-0.1, -0.05) is 12.1 Å². The molecule has 2 aromatic rings. The average Bonchev–Trinajstić information content (AvgIpc) is 3.20. The van der Waals surface area contributed by atoms with E-state index in [0.717, 1.165) is 12.2 Å². The molecular weight excluding hydrogens is 236 g/mol. The van der Waals surface area contributed by atoms with Gasteiger partial charge in [0.25, 0.3) is 0 Å². The summed E-state index contributed by atoms with van der Waals surface area (Å²) in [6.45, 7) is 1.48. The maximum Gasteiger partial charge on any atom is 0.0817 e. The van der Waals surface area contributed by atoms with E-state index in [2.05, 4.69) is 40.3 Å². The van der Waals surface area contributed by atoms with Crippen LogP contribution < -0.4 is 10.6 Å². The molecule has 0 bridgehead atoms. The zero-order chi connectivity index (χ0) is 13.2. The number of aromatic nitrogens is 2. The summed E-state index contributed by atoms with van der Waals surface area (Å²) < 4.78 is 1.86. The van der Waals surface area contributed by atoms with Gasteiger partial charge in [-0.15, -0.1) is 0 Å². The van der Waals surface area contributed by atoms with Gasteiger partial charge in [0.2, 0.25) is 0 Å². The lowest BCUT2D eigenvalue weighted by molar-refractivity contribution is 0.713. The molecule has 0 aliphatic heterocycles. The molecule has 19 heavy (non-hydrogen) atoms. The van der Waals surface area contributed by atoms with E-state index in [1.54, 1.807) is 0 Å². The van der Waals surface area contributed by atoms with Crippen molar-refractivity contribution < 1.29 is 0 Å². The van der Waals surface area contributed by atoms with Crippen LogP contribution in [0.5, 0.6) is 0 Å². The molecular formula is C15H20N4. The Bertz CT molecular complexity index is 540. The molecule has 0 radical (unpaired) electrons. The summed E-state index contributed by atoms with van der Waals surface area (Å²) in [6.07, 6.45) is 4.56. The van der Waals surface area contributed by atoms with Crippen LogP contribution in [0.3, 0.4) is 0 Å². The van der Waals surface area contributed by atoms with Crippen molar-refractivity contribution in [3.63, 3.8) is 0 Å².